The maximum atomic E-state index is 5.88. The van der Waals surface area contributed by atoms with Crippen LogP contribution in [0.4, 0.5) is 5.82 Å². The summed E-state index contributed by atoms with van der Waals surface area (Å²) in [7, 11) is 0. The highest BCUT2D eigenvalue weighted by Gasteiger charge is 2.22. The first-order valence-electron chi connectivity index (χ1n) is 5.76. The number of fused-ring (bicyclic) bond motifs is 1. The first kappa shape index (κ1) is 11.0. The van der Waals surface area contributed by atoms with Gasteiger partial charge in [0.2, 0.25) is 0 Å². The summed E-state index contributed by atoms with van der Waals surface area (Å²) in [6.07, 6.45) is 6.00. The smallest absolute Gasteiger partial charge is 0.150 e. The molecule has 1 fully saturated rings. The monoisotopic (exact) mass is 295 g/mol. The molecule has 2 aromatic rings. The highest BCUT2D eigenvalue weighted by atomic mass is 79.9. The third-order valence-corrected chi connectivity index (χ3v) is 3.78. The van der Waals surface area contributed by atoms with Crippen LogP contribution >= 0.6 is 15.9 Å². The largest absolute Gasteiger partial charge is 0.382 e. The molecule has 5 nitrogen and oxygen atoms in total. The molecule has 1 atom stereocenters. The molecule has 1 unspecified atom stereocenters. The number of hydrogen-bond acceptors (Lipinski definition) is 4. The quantitative estimate of drug-likeness (QED) is 0.837. The number of imidazole rings is 1. The fourth-order valence-electron chi connectivity index (χ4n) is 2.40. The highest BCUT2D eigenvalue weighted by Crippen LogP contribution is 2.29. The van der Waals surface area contributed by atoms with Crippen molar-refractivity contribution in [1.82, 2.24) is 19.7 Å². The summed E-state index contributed by atoms with van der Waals surface area (Å²) < 4.78 is 2.83. The number of nitrogens with one attached hydrogen (secondary N) is 1. The van der Waals surface area contributed by atoms with Crippen molar-refractivity contribution in [1.29, 1.82) is 0 Å². The van der Waals surface area contributed by atoms with E-state index in [1.54, 1.807) is 6.20 Å². The van der Waals surface area contributed by atoms with Gasteiger partial charge in [0.1, 0.15) is 15.9 Å². The molecule has 0 bridgehead atoms. The topological polar surface area (TPSA) is 68.2 Å². The van der Waals surface area contributed by atoms with E-state index in [1.807, 2.05) is 10.6 Å². The van der Waals surface area contributed by atoms with Gasteiger partial charge < -0.3 is 11.1 Å². The van der Waals surface area contributed by atoms with Gasteiger partial charge in [-0.1, -0.05) is 0 Å². The van der Waals surface area contributed by atoms with Crippen LogP contribution in [0.15, 0.2) is 17.0 Å². The third kappa shape index (κ3) is 1.81. The van der Waals surface area contributed by atoms with Gasteiger partial charge in [-0.2, -0.15) is 0 Å². The zero-order valence-electron chi connectivity index (χ0n) is 9.36. The maximum absolute atomic E-state index is 5.88. The summed E-state index contributed by atoms with van der Waals surface area (Å²) in [5.74, 6) is 2.03. The van der Waals surface area contributed by atoms with Crippen molar-refractivity contribution >= 4 is 27.3 Å². The Bertz CT molecular complexity index is 544. The second-order valence-corrected chi connectivity index (χ2v) is 5.09. The Morgan fingerprint density at radius 2 is 2.41 bits per heavy atom. The molecule has 0 aliphatic carbocycles. The van der Waals surface area contributed by atoms with Crippen molar-refractivity contribution in [2.45, 2.75) is 18.8 Å². The van der Waals surface area contributed by atoms with E-state index < -0.39 is 0 Å². The predicted molar refractivity (Wildman–Crippen MR) is 69.9 cm³/mol. The number of nitrogen functional groups attached to an aromatic ring is 1. The standard InChI is InChI=1S/C11H14BrN5/c12-9-8-10(13)15-4-5-17(8)11(16-9)7-2-1-3-14-6-7/h4-5,7,14H,1-3,6H2,(H2,13,15). The molecule has 1 aliphatic heterocycles. The van der Waals surface area contributed by atoms with Crippen LogP contribution in [-0.2, 0) is 0 Å². The summed E-state index contributed by atoms with van der Waals surface area (Å²) >= 11 is 3.46. The average Bonchev–Trinajstić information content (AvgIpc) is 2.69. The van der Waals surface area contributed by atoms with Crippen LogP contribution in [0.25, 0.3) is 5.52 Å². The van der Waals surface area contributed by atoms with Gasteiger partial charge in [0.05, 0.1) is 0 Å². The van der Waals surface area contributed by atoms with E-state index in [0.717, 1.165) is 29.0 Å². The van der Waals surface area contributed by atoms with E-state index >= 15 is 0 Å². The van der Waals surface area contributed by atoms with Crippen molar-refractivity contribution in [3.8, 4) is 0 Å². The average molecular weight is 296 g/mol. The summed E-state index contributed by atoms with van der Waals surface area (Å²) in [6.45, 7) is 2.08. The van der Waals surface area contributed by atoms with Crippen LogP contribution < -0.4 is 11.1 Å². The Hall–Kier alpha value is -1.14. The molecule has 3 rings (SSSR count). The molecule has 3 heterocycles. The van der Waals surface area contributed by atoms with Crippen molar-refractivity contribution in [3.63, 3.8) is 0 Å². The van der Waals surface area contributed by atoms with E-state index in [9.17, 15) is 0 Å². The van der Waals surface area contributed by atoms with Crippen molar-refractivity contribution < 1.29 is 0 Å². The van der Waals surface area contributed by atoms with Crippen LogP contribution in [0.2, 0.25) is 0 Å². The highest BCUT2D eigenvalue weighted by molar-refractivity contribution is 9.10. The van der Waals surface area contributed by atoms with Gasteiger partial charge >= 0.3 is 0 Å². The number of halogens is 1. The van der Waals surface area contributed by atoms with Gasteiger partial charge in [-0.3, -0.25) is 4.40 Å². The number of anilines is 1. The summed E-state index contributed by atoms with van der Waals surface area (Å²) in [5.41, 5.74) is 6.75. The predicted octanol–water partition coefficient (Wildman–Crippen LogP) is 1.54. The van der Waals surface area contributed by atoms with Gasteiger partial charge in [0.25, 0.3) is 0 Å². The van der Waals surface area contributed by atoms with Crippen LogP contribution in [0, 0.1) is 0 Å². The fraction of sp³-hybridized carbons (Fsp3) is 0.455. The number of aromatic nitrogens is 3. The van der Waals surface area contributed by atoms with Gasteiger partial charge in [-0.25, -0.2) is 9.97 Å². The lowest BCUT2D eigenvalue weighted by Gasteiger charge is -2.21. The number of nitrogens with zero attached hydrogens (tertiary/aromatic N) is 3. The van der Waals surface area contributed by atoms with Gasteiger partial charge in [0, 0.05) is 24.9 Å². The van der Waals surface area contributed by atoms with E-state index in [0.29, 0.717) is 11.7 Å². The Balaban J connectivity index is 2.13. The lowest BCUT2D eigenvalue weighted by atomic mass is 9.99. The second-order valence-electron chi connectivity index (χ2n) is 4.34. The van der Waals surface area contributed by atoms with E-state index in [-0.39, 0.29) is 0 Å². The molecule has 17 heavy (non-hydrogen) atoms. The normalized spacial score (nSPS) is 20.9. The molecule has 2 aromatic heterocycles. The molecule has 1 aliphatic rings. The van der Waals surface area contributed by atoms with E-state index in [2.05, 4.69) is 31.2 Å². The summed E-state index contributed by atoms with van der Waals surface area (Å²) in [5, 5.41) is 3.41. The fourth-order valence-corrected chi connectivity index (χ4v) is 2.98. The van der Waals surface area contributed by atoms with Gasteiger partial charge in [-0.15, -0.1) is 0 Å². The maximum Gasteiger partial charge on any atom is 0.150 e. The Morgan fingerprint density at radius 3 is 3.18 bits per heavy atom. The minimum Gasteiger partial charge on any atom is -0.382 e. The van der Waals surface area contributed by atoms with Crippen LogP contribution in [0.3, 0.4) is 0 Å². The zero-order valence-corrected chi connectivity index (χ0v) is 10.9. The molecule has 3 N–H and O–H groups in total. The lowest BCUT2D eigenvalue weighted by Crippen LogP contribution is -2.29. The van der Waals surface area contributed by atoms with Crippen molar-refractivity contribution in [2.75, 3.05) is 18.8 Å². The van der Waals surface area contributed by atoms with Gasteiger partial charge in [0.15, 0.2) is 5.82 Å². The molecular formula is C11H14BrN5. The van der Waals surface area contributed by atoms with Crippen LogP contribution in [0.1, 0.15) is 24.6 Å². The van der Waals surface area contributed by atoms with E-state index in [1.165, 1.54) is 12.8 Å². The first-order valence-corrected chi connectivity index (χ1v) is 6.55. The molecule has 6 heteroatoms. The molecule has 90 valence electrons. The first-order chi connectivity index (χ1) is 8.27. The number of nitrogens with two attached hydrogens (primary N) is 1. The van der Waals surface area contributed by atoms with Crippen molar-refractivity contribution in [3.05, 3.63) is 22.8 Å². The molecule has 0 spiro atoms. The number of piperidine rings is 1. The minimum atomic E-state index is 0.448. The van der Waals surface area contributed by atoms with Crippen molar-refractivity contribution in [2.24, 2.45) is 0 Å². The Labute approximate surface area is 108 Å². The lowest BCUT2D eigenvalue weighted by molar-refractivity contribution is 0.445. The van der Waals surface area contributed by atoms with Gasteiger partial charge in [-0.05, 0) is 35.3 Å². The molecule has 0 aromatic carbocycles. The van der Waals surface area contributed by atoms with E-state index in [4.69, 9.17) is 5.73 Å². The Kier molecular flexibility index (Phi) is 2.76. The van der Waals surface area contributed by atoms with Crippen LogP contribution in [0.5, 0.6) is 0 Å². The summed E-state index contributed by atoms with van der Waals surface area (Å²) in [4.78, 5) is 8.69. The second kappa shape index (κ2) is 4.27. The molecule has 0 saturated carbocycles. The molecular weight excluding hydrogens is 282 g/mol. The SMILES string of the molecule is Nc1nccn2c(C3CCCNC3)nc(Br)c12. The molecule has 1 saturated heterocycles. The zero-order chi connectivity index (χ0) is 11.8. The number of hydrogen-bond donors (Lipinski definition) is 2. The number of rotatable bonds is 1. The van der Waals surface area contributed by atoms with Crippen LogP contribution in [-0.4, -0.2) is 27.5 Å². The molecule has 0 radical (unpaired) electrons. The summed E-state index contributed by atoms with van der Waals surface area (Å²) in [6, 6.07) is 0. The molecule has 0 amide bonds. The minimum absolute atomic E-state index is 0.448. The third-order valence-electron chi connectivity index (χ3n) is 3.23. The Morgan fingerprint density at radius 1 is 1.53 bits per heavy atom.